The molecule has 27 heavy (non-hydrogen) atoms. The Morgan fingerprint density at radius 2 is 2.19 bits per heavy atom. The van der Waals surface area contributed by atoms with Crippen LogP contribution < -0.4 is 20.8 Å². The van der Waals surface area contributed by atoms with Crippen molar-refractivity contribution in [2.24, 2.45) is 0 Å². The number of pyridine rings is 2. The van der Waals surface area contributed by atoms with Gasteiger partial charge in [0.25, 0.3) is 0 Å². The van der Waals surface area contributed by atoms with Gasteiger partial charge in [-0.2, -0.15) is 0 Å². The standard InChI is InChI=1S/C18H25N5O4/c1-2-27-15-5-4-13-16(22-15)17(24)14(12-20-13)21-18(25)19-6-3-7-23-8-10-26-11-9-23/h4-5,12H,2-3,6-11H2,1H3,(H,20,24)(H2,19,21,25). The summed E-state index contributed by atoms with van der Waals surface area (Å²) in [5, 5.41) is 5.36. The number of rotatable bonds is 7. The number of morpholine rings is 1. The van der Waals surface area contributed by atoms with E-state index < -0.39 is 6.03 Å². The van der Waals surface area contributed by atoms with E-state index in [0.717, 1.165) is 39.3 Å². The van der Waals surface area contributed by atoms with E-state index in [1.807, 2.05) is 6.92 Å². The third-order valence-electron chi connectivity index (χ3n) is 4.28. The Hall–Kier alpha value is -2.65. The van der Waals surface area contributed by atoms with Crippen molar-refractivity contribution in [2.45, 2.75) is 13.3 Å². The molecule has 1 fully saturated rings. The van der Waals surface area contributed by atoms with E-state index in [4.69, 9.17) is 9.47 Å². The molecule has 0 saturated carbocycles. The third kappa shape index (κ3) is 5.18. The number of fused-ring (bicyclic) bond motifs is 1. The number of hydrogen-bond donors (Lipinski definition) is 3. The smallest absolute Gasteiger partial charge is 0.319 e. The summed E-state index contributed by atoms with van der Waals surface area (Å²) in [4.78, 5) is 34.1. The largest absolute Gasteiger partial charge is 0.478 e. The van der Waals surface area contributed by atoms with Crippen molar-refractivity contribution in [2.75, 3.05) is 51.3 Å². The van der Waals surface area contributed by atoms with Gasteiger partial charge in [-0.05, 0) is 26.0 Å². The van der Waals surface area contributed by atoms with Crippen molar-refractivity contribution >= 4 is 22.8 Å². The van der Waals surface area contributed by atoms with Crippen molar-refractivity contribution in [3.63, 3.8) is 0 Å². The Morgan fingerprint density at radius 3 is 2.96 bits per heavy atom. The Morgan fingerprint density at radius 1 is 1.37 bits per heavy atom. The van der Waals surface area contributed by atoms with Crippen molar-refractivity contribution < 1.29 is 14.3 Å². The highest BCUT2D eigenvalue weighted by molar-refractivity contribution is 5.91. The topological polar surface area (TPSA) is 109 Å². The zero-order chi connectivity index (χ0) is 19.1. The molecule has 0 radical (unpaired) electrons. The first-order valence-electron chi connectivity index (χ1n) is 9.17. The van der Waals surface area contributed by atoms with Crippen LogP contribution >= 0.6 is 0 Å². The molecule has 9 nitrogen and oxygen atoms in total. The van der Waals surface area contributed by atoms with E-state index in [0.29, 0.717) is 24.5 Å². The lowest BCUT2D eigenvalue weighted by Crippen LogP contribution is -2.38. The Bertz CT molecular complexity index is 832. The highest BCUT2D eigenvalue weighted by atomic mass is 16.5. The normalized spacial score (nSPS) is 14.9. The van der Waals surface area contributed by atoms with Crippen LogP contribution in [0.25, 0.3) is 11.0 Å². The van der Waals surface area contributed by atoms with Gasteiger partial charge in [0.1, 0.15) is 11.2 Å². The van der Waals surface area contributed by atoms with Gasteiger partial charge in [0.15, 0.2) is 0 Å². The number of nitrogens with one attached hydrogen (secondary N) is 3. The van der Waals surface area contributed by atoms with Crippen molar-refractivity contribution in [3.8, 4) is 5.88 Å². The third-order valence-corrected chi connectivity index (χ3v) is 4.28. The van der Waals surface area contributed by atoms with E-state index in [1.165, 1.54) is 6.20 Å². The first kappa shape index (κ1) is 19.1. The van der Waals surface area contributed by atoms with Crippen molar-refractivity contribution in [3.05, 3.63) is 28.6 Å². The summed E-state index contributed by atoms with van der Waals surface area (Å²) in [5.74, 6) is 0.375. The Labute approximate surface area is 157 Å². The number of carbonyl (C=O) groups is 1. The van der Waals surface area contributed by atoms with Crippen molar-refractivity contribution in [1.82, 2.24) is 20.2 Å². The minimum Gasteiger partial charge on any atom is -0.478 e. The second-order valence-corrected chi connectivity index (χ2v) is 6.20. The average molecular weight is 375 g/mol. The fraction of sp³-hybridized carbons (Fsp3) is 0.500. The molecule has 146 valence electrons. The highest BCUT2D eigenvalue weighted by Gasteiger charge is 2.12. The molecule has 0 aromatic carbocycles. The van der Waals surface area contributed by atoms with Gasteiger partial charge < -0.3 is 25.1 Å². The summed E-state index contributed by atoms with van der Waals surface area (Å²) >= 11 is 0. The summed E-state index contributed by atoms with van der Waals surface area (Å²) in [7, 11) is 0. The number of anilines is 1. The summed E-state index contributed by atoms with van der Waals surface area (Å²) in [6.07, 6.45) is 2.31. The quantitative estimate of drug-likeness (QED) is 0.627. The molecule has 0 unspecified atom stereocenters. The molecule has 2 amide bonds. The number of carbonyl (C=O) groups excluding carboxylic acids is 1. The second kappa shape index (κ2) is 9.33. The maximum Gasteiger partial charge on any atom is 0.319 e. The van der Waals surface area contributed by atoms with Crippen molar-refractivity contribution in [1.29, 1.82) is 0 Å². The molecule has 0 spiro atoms. The lowest BCUT2D eigenvalue weighted by atomic mass is 10.3. The Balaban J connectivity index is 1.54. The SMILES string of the molecule is CCOc1ccc2[nH]cc(NC(=O)NCCCN3CCOCC3)c(=O)c2n1. The summed E-state index contributed by atoms with van der Waals surface area (Å²) < 4.78 is 10.6. The van der Waals surface area contributed by atoms with Crippen LogP contribution in [0, 0.1) is 0 Å². The molecular formula is C18H25N5O4. The van der Waals surface area contributed by atoms with Gasteiger partial charge in [0.2, 0.25) is 11.3 Å². The molecular weight excluding hydrogens is 350 g/mol. The fourth-order valence-electron chi connectivity index (χ4n) is 2.89. The minimum absolute atomic E-state index is 0.148. The van der Waals surface area contributed by atoms with Crippen LogP contribution in [0.3, 0.4) is 0 Å². The maximum atomic E-state index is 12.6. The molecule has 3 N–H and O–H groups in total. The highest BCUT2D eigenvalue weighted by Crippen LogP contribution is 2.13. The molecule has 2 aromatic heterocycles. The van der Waals surface area contributed by atoms with Gasteiger partial charge in [0, 0.05) is 31.9 Å². The first-order chi connectivity index (χ1) is 13.2. The Kier molecular flexibility index (Phi) is 6.61. The van der Waals surface area contributed by atoms with Gasteiger partial charge in [-0.1, -0.05) is 0 Å². The number of ether oxygens (including phenoxy) is 2. The molecule has 1 aliphatic rings. The molecule has 0 atom stereocenters. The summed E-state index contributed by atoms with van der Waals surface area (Å²) in [6, 6.07) is 3.00. The molecule has 9 heteroatoms. The van der Waals surface area contributed by atoms with E-state index in [1.54, 1.807) is 12.1 Å². The number of aromatic nitrogens is 2. The number of nitrogens with zero attached hydrogens (tertiary/aromatic N) is 2. The van der Waals surface area contributed by atoms with Gasteiger partial charge in [-0.15, -0.1) is 0 Å². The molecule has 0 bridgehead atoms. The van der Waals surface area contributed by atoms with E-state index in [-0.39, 0.29) is 16.6 Å². The number of amides is 2. The van der Waals surface area contributed by atoms with E-state index in [9.17, 15) is 9.59 Å². The molecule has 3 heterocycles. The van der Waals surface area contributed by atoms with Crippen LogP contribution in [0.1, 0.15) is 13.3 Å². The first-order valence-corrected chi connectivity index (χ1v) is 9.17. The fourth-order valence-corrected chi connectivity index (χ4v) is 2.89. The minimum atomic E-state index is -0.414. The van der Waals surface area contributed by atoms with Crippen LogP contribution in [0.5, 0.6) is 5.88 Å². The maximum absolute atomic E-state index is 12.6. The number of H-pyrrole nitrogens is 1. The zero-order valence-electron chi connectivity index (χ0n) is 15.4. The number of urea groups is 1. The van der Waals surface area contributed by atoms with Gasteiger partial charge in [-0.3, -0.25) is 9.69 Å². The molecule has 3 rings (SSSR count). The zero-order valence-corrected chi connectivity index (χ0v) is 15.4. The van der Waals surface area contributed by atoms with Crippen LogP contribution in [0.15, 0.2) is 23.1 Å². The van der Waals surface area contributed by atoms with Gasteiger partial charge >= 0.3 is 6.03 Å². The number of aromatic amines is 1. The second-order valence-electron chi connectivity index (χ2n) is 6.20. The molecule has 0 aliphatic carbocycles. The van der Waals surface area contributed by atoms with Gasteiger partial charge in [-0.25, -0.2) is 9.78 Å². The monoisotopic (exact) mass is 375 g/mol. The van der Waals surface area contributed by atoms with E-state index in [2.05, 4.69) is 25.5 Å². The number of hydrogen-bond acceptors (Lipinski definition) is 6. The van der Waals surface area contributed by atoms with Crippen LogP contribution in [0.4, 0.5) is 10.5 Å². The molecule has 1 aliphatic heterocycles. The molecule has 1 saturated heterocycles. The summed E-state index contributed by atoms with van der Waals surface area (Å²) in [6.45, 7) is 7.12. The van der Waals surface area contributed by atoms with Crippen LogP contribution in [-0.4, -0.2) is 66.9 Å². The predicted octanol–water partition coefficient (Wildman–Crippen LogP) is 1.17. The lowest BCUT2D eigenvalue weighted by Gasteiger charge is -2.26. The lowest BCUT2D eigenvalue weighted by molar-refractivity contribution is 0.0375. The van der Waals surface area contributed by atoms with Gasteiger partial charge in [0.05, 0.1) is 25.3 Å². The predicted molar refractivity (Wildman–Crippen MR) is 102 cm³/mol. The summed E-state index contributed by atoms with van der Waals surface area (Å²) in [5.41, 5.74) is 0.606. The van der Waals surface area contributed by atoms with E-state index >= 15 is 0 Å². The molecule has 2 aromatic rings. The van der Waals surface area contributed by atoms with Crippen LogP contribution in [0.2, 0.25) is 0 Å². The van der Waals surface area contributed by atoms with Crippen LogP contribution in [-0.2, 0) is 4.74 Å². The average Bonchev–Trinajstić information content (AvgIpc) is 2.69.